The highest BCUT2D eigenvalue weighted by Crippen LogP contribution is 2.23. The van der Waals surface area contributed by atoms with Gasteiger partial charge in [-0.3, -0.25) is 5.43 Å². The number of benzene rings is 1. The van der Waals surface area contributed by atoms with Crippen molar-refractivity contribution in [3.05, 3.63) is 64.8 Å². The van der Waals surface area contributed by atoms with Crippen molar-refractivity contribution < 1.29 is 4.74 Å². The van der Waals surface area contributed by atoms with Gasteiger partial charge in [0.1, 0.15) is 22.4 Å². The second kappa shape index (κ2) is 7.79. The maximum Gasteiger partial charge on any atom is 0.168 e. The Morgan fingerprint density at radius 3 is 2.75 bits per heavy atom. The van der Waals surface area contributed by atoms with Crippen LogP contribution in [-0.2, 0) is 0 Å². The first kappa shape index (κ1) is 18.1. The summed E-state index contributed by atoms with van der Waals surface area (Å²) >= 11 is 11.8. The average molecular weight is 414 g/mol. The van der Waals surface area contributed by atoms with Gasteiger partial charge in [-0.2, -0.15) is 10.2 Å². The number of hydrogen-bond donors (Lipinski definition) is 1. The van der Waals surface area contributed by atoms with Crippen LogP contribution in [0.5, 0.6) is 5.75 Å². The Balaban J connectivity index is 1.64. The molecular weight excluding hydrogens is 401 g/mol. The Hall–Kier alpha value is -3.23. The van der Waals surface area contributed by atoms with Crippen molar-refractivity contribution in [2.45, 2.75) is 0 Å². The predicted octanol–water partition coefficient (Wildman–Crippen LogP) is 3.97. The first-order valence-electron chi connectivity index (χ1n) is 8.09. The molecule has 0 aliphatic rings. The van der Waals surface area contributed by atoms with Gasteiger partial charge in [0, 0.05) is 11.6 Å². The number of hydrogen-bond acceptors (Lipinski definition) is 7. The van der Waals surface area contributed by atoms with Gasteiger partial charge >= 0.3 is 0 Å². The minimum atomic E-state index is 0.290. The fourth-order valence-electron chi connectivity index (χ4n) is 2.59. The molecule has 0 bridgehead atoms. The second-order valence-corrected chi connectivity index (χ2v) is 6.41. The van der Waals surface area contributed by atoms with E-state index in [4.69, 9.17) is 27.9 Å². The lowest BCUT2D eigenvalue weighted by atomic mass is 10.3. The molecule has 0 aliphatic carbocycles. The average Bonchev–Trinajstić information content (AvgIpc) is 3.12. The van der Waals surface area contributed by atoms with Crippen molar-refractivity contribution in [2.75, 3.05) is 12.5 Å². The monoisotopic (exact) mass is 413 g/mol. The normalized spacial score (nSPS) is 11.2. The van der Waals surface area contributed by atoms with E-state index < -0.39 is 0 Å². The van der Waals surface area contributed by atoms with Crippen LogP contribution in [0, 0.1) is 0 Å². The third-order valence-corrected chi connectivity index (χ3v) is 4.22. The predicted molar refractivity (Wildman–Crippen MR) is 109 cm³/mol. The Morgan fingerprint density at radius 2 is 1.96 bits per heavy atom. The Bertz CT molecular complexity index is 1160. The molecule has 0 radical (unpaired) electrons. The van der Waals surface area contributed by atoms with E-state index in [-0.39, 0.29) is 10.3 Å². The maximum absolute atomic E-state index is 5.89. The summed E-state index contributed by atoms with van der Waals surface area (Å²) in [6.45, 7) is 0. The van der Waals surface area contributed by atoms with Crippen LogP contribution in [0.25, 0.3) is 16.7 Å². The zero-order valence-electron chi connectivity index (χ0n) is 14.5. The molecule has 0 atom stereocenters. The molecule has 1 aromatic carbocycles. The fraction of sp³-hybridized carbons (Fsp3) is 0.0556. The van der Waals surface area contributed by atoms with Crippen LogP contribution in [0.15, 0.2) is 54.0 Å². The molecule has 28 heavy (non-hydrogen) atoms. The number of hydrazone groups is 1. The maximum atomic E-state index is 5.89. The first-order valence-corrected chi connectivity index (χ1v) is 8.85. The minimum Gasteiger partial charge on any atom is -0.497 e. The van der Waals surface area contributed by atoms with E-state index in [1.165, 1.54) is 6.33 Å². The molecule has 0 unspecified atom stereocenters. The first-order chi connectivity index (χ1) is 13.6. The van der Waals surface area contributed by atoms with E-state index in [1.54, 1.807) is 36.3 Å². The molecule has 3 heterocycles. The van der Waals surface area contributed by atoms with Crippen LogP contribution >= 0.6 is 23.2 Å². The molecule has 8 nitrogen and oxygen atoms in total. The van der Waals surface area contributed by atoms with E-state index in [9.17, 15) is 0 Å². The van der Waals surface area contributed by atoms with Gasteiger partial charge in [0.15, 0.2) is 11.5 Å². The van der Waals surface area contributed by atoms with Crippen LogP contribution in [-0.4, -0.2) is 38.1 Å². The summed E-state index contributed by atoms with van der Waals surface area (Å²) in [5.41, 5.74) is 5.06. The summed E-state index contributed by atoms with van der Waals surface area (Å²) in [5.74, 6) is 1.24. The van der Waals surface area contributed by atoms with Crippen LogP contribution in [0.4, 0.5) is 5.82 Å². The number of aromatic nitrogens is 5. The molecule has 0 spiro atoms. The molecule has 0 fully saturated rings. The van der Waals surface area contributed by atoms with Crippen LogP contribution < -0.4 is 10.2 Å². The molecule has 0 aliphatic heterocycles. The molecular formula is C18H13Cl2N7O. The number of nitrogens with zero attached hydrogens (tertiary/aromatic N) is 6. The standard InChI is InChI=1S/C18H13Cl2N7O/c1-28-13-4-2-3-12(7-13)27-18-14(9-24-27)17(21-10-22-18)26-23-8-11-5-15(19)25-16(20)6-11/h2-10H,1H3,(H,21,22,26). The van der Waals surface area contributed by atoms with E-state index >= 15 is 0 Å². The number of rotatable bonds is 5. The Kier molecular flexibility index (Phi) is 5.05. The number of pyridine rings is 1. The van der Waals surface area contributed by atoms with Crippen molar-refractivity contribution in [1.29, 1.82) is 0 Å². The van der Waals surface area contributed by atoms with Crippen molar-refractivity contribution in [3.8, 4) is 11.4 Å². The fourth-order valence-corrected chi connectivity index (χ4v) is 3.07. The Labute approximate surface area is 169 Å². The lowest BCUT2D eigenvalue weighted by molar-refractivity contribution is 0.414. The number of halogens is 2. The van der Waals surface area contributed by atoms with E-state index in [0.29, 0.717) is 22.4 Å². The molecule has 140 valence electrons. The van der Waals surface area contributed by atoms with Crippen LogP contribution in [0.1, 0.15) is 5.56 Å². The molecule has 4 aromatic rings. The van der Waals surface area contributed by atoms with Gasteiger partial charge in [0.2, 0.25) is 0 Å². The van der Waals surface area contributed by atoms with Gasteiger partial charge in [-0.15, -0.1) is 0 Å². The molecule has 10 heteroatoms. The molecule has 1 N–H and O–H groups in total. The minimum absolute atomic E-state index is 0.290. The van der Waals surface area contributed by atoms with Gasteiger partial charge in [0.05, 0.1) is 30.6 Å². The number of fused-ring (bicyclic) bond motifs is 1. The van der Waals surface area contributed by atoms with Gasteiger partial charge in [-0.05, 0) is 24.3 Å². The lowest BCUT2D eigenvalue weighted by Crippen LogP contribution is -2.00. The third-order valence-electron chi connectivity index (χ3n) is 3.83. The van der Waals surface area contributed by atoms with Crippen molar-refractivity contribution >= 4 is 46.3 Å². The van der Waals surface area contributed by atoms with Crippen molar-refractivity contribution in [1.82, 2.24) is 24.7 Å². The smallest absolute Gasteiger partial charge is 0.168 e. The summed E-state index contributed by atoms with van der Waals surface area (Å²) < 4.78 is 6.98. The molecule has 0 saturated carbocycles. The van der Waals surface area contributed by atoms with Gasteiger partial charge in [-0.25, -0.2) is 19.6 Å². The summed E-state index contributed by atoms with van der Waals surface area (Å²) in [4.78, 5) is 12.5. The summed E-state index contributed by atoms with van der Waals surface area (Å²) in [7, 11) is 1.62. The van der Waals surface area contributed by atoms with Gasteiger partial charge in [-0.1, -0.05) is 29.3 Å². The topological polar surface area (TPSA) is 90.1 Å². The zero-order valence-corrected chi connectivity index (χ0v) is 16.1. The highest BCUT2D eigenvalue weighted by Gasteiger charge is 2.11. The molecule has 0 saturated heterocycles. The van der Waals surface area contributed by atoms with Gasteiger partial charge in [0.25, 0.3) is 0 Å². The summed E-state index contributed by atoms with van der Waals surface area (Å²) in [6.07, 6.45) is 4.69. The summed E-state index contributed by atoms with van der Waals surface area (Å²) in [6, 6.07) is 10.8. The highest BCUT2D eigenvalue weighted by atomic mass is 35.5. The lowest BCUT2D eigenvalue weighted by Gasteiger charge is -2.06. The highest BCUT2D eigenvalue weighted by molar-refractivity contribution is 6.32. The van der Waals surface area contributed by atoms with Crippen molar-refractivity contribution in [2.24, 2.45) is 5.10 Å². The number of methoxy groups -OCH3 is 1. The van der Waals surface area contributed by atoms with E-state index in [1.807, 2.05) is 24.3 Å². The number of ether oxygens (including phenoxy) is 1. The van der Waals surface area contributed by atoms with Crippen molar-refractivity contribution in [3.63, 3.8) is 0 Å². The third kappa shape index (κ3) is 3.73. The molecule has 4 rings (SSSR count). The largest absolute Gasteiger partial charge is 0.497 e. The van der Waals surface area contributed by atoms with E-state index in [0.717, 1.165) is 11.4 Å². The van der Waals surface area contributed by atoms with Crippen LogP contribution in [0.3, 0.4) is 0 Å². The quantitative estimate of drug-likeness (QED) is 0.302. The van der Waals surface area contributed by atoms with E-state index in [2.05, 4.69) is 30.6 Å². The second-order valence-electron chi connectivity index (χ2n) is 5.63. The number of nitrogens with one attached hydrogen (secondary N) is 1. The molecule has 3 aromatic heterocycles. The molecule has 0 amide bonds. The van der Waals surface area contributed by atoms with Gasteiger partial charge < -0.3 is 4.74 Å². The Morgan fingerprint density at radius 1 is 1.14 bits per heavy atom. The zero-order chi connectivity index (χ0) is 19.5. The summed E-state index contributed by atoms with van der Waals surface area (Å²) in [5, 5.41) is 9.90. The van der Waals surface area contributed by atoms with Crippen LogP contribution in [0.2, 0.25) is 10.3 Å². The SMILES string of the molecule is COc1cccc(-n2ncc3c(NN=Cc4cc(Cl)nc(Cl)c4)ncnc32)c1. The number of anilines is 1.